The Bertz CT molecular complexity index is 432. The van der Waals surface area contributed by atoms with Crippen LogP contribution in [0, 0.1) is 0 Å². The van der Waals surface area contributed by atoms with Gasteiger partial charge >= 0.3 is 0 Å². The second-order valence-corrected chi connectivity index (χ2v) is 5.14. The monoisotopic (exact) mass is 262 g/mol. The largest absolute Gasteiger partial charge is 0.387 e. The number of anilines is 1. The minimum absolute atomic E-state index is 0.0112. The fraction of sp³-hybridized carbons (Fsp3) is 0.571. The van der Waals surface area contributed by atoms with Crippen molar-refractivity contribution in [2.75, 3.05) is 39.5 Å². The lowest BCUT2D eigenvalue weighted by atomic mass is 10.2. The summed E-state index contributed by atoms with van der Waals surface area (Å²) >= 11 is 0. The summed E-state index contributed by atoms with van der Waals surface area (Å²) < 4.78 is 0. The Balaban J connectivity index is 1.97. The zero-order valence-electron chi connectivity index (χ0n) is 11.9. The third kappa shape index (κ3) is 3.23. The second-order valence-electron chi connectivity index (χ2n) is 5.14. The topological polar surface area (TPSA) is 48.5 Å². The number of nitrogens with one attached hydrogen (secondary N) is 1. The van der Waals surface area contributed by atoms with E-state index in [0.717, 1.165) is 18.8 Å². The van der Waals surface area contributed by atoms with E-state index in [-0.39, 0.29) is 5.91 Å². The number of carbonyl (C=O) groups excluding carboxylic acids is 1. The summed E-state index contributed by atoms with van der Waals surface area (Å²) in [6, 6.07) is 4.12. The molecular formula is C14H22N4O. The molecule has 1 aliphatic heterocycles. The molecule has 0 aliphatic carbocycles. The molecule has 1 aliphatic rings. The first-order valence-corrected chi connectivity index (χ1v) is 6.71. The van der Waals surface area contributed by atoms with Crippen LogP contribution in [0.3, 0.4) is 0 Å². The average molecular weight is 262 g/mol. The van der Waals surface area contributed by atoms with Crippen molar-refractivity contribution in [2.24, 2.45) is 0 Å². The van der Waals surface area contributed by atoms with Gasteiger partial charge in [-0.1, -0.05) is 0 Å². The van der Waals surface area contributed by atoms with Crippen molar-refractivity contribution in [3.8, 4) is 0 Å². The molecule has 1 fully saturated rings. The van der Waals surface area contributed by atoms with Crippen LogP contribution in [-0.2, 0) is 0 Å². The number of pyridine rings is 1. The third-order valence-corrected chi connectivity index (χ3v) is 3.77. The lowest BCUT2D eigenvalue weighted by molar-refractivity contribution is 0.0756. The predicted molar refractivity (Wildman–Crippen MR) is 76.4 cm³/mol. The Hall–Kier alpha value is -1.62. The highest BCUT2D eigenvalue weighted by molar-refractivity contribution is 5.92. The zero-order valence-corrected chi connectivity index (χ0v) is 11.9. The molecule has 5 heteroatoms. The standard InChI is InChI=1S/C14H22N4O/c1-15-11-6-7-13(16-9-11)14(19)18(3)10-12-5-4-8-17(12)2/h6-7,9,12,15H,4-5,8,10H2,1-3H3. The molecule has 104 valence electrons. The summed E-state index contributed by atoms with van der Waals surface area (Å²) in [5, 5.41) is 2.99. The summed E-state index contributed by atoms with van der Waals surface area (Å²) in [6.45, 7) is 1.90. The number of amides is 1. The highest BCUT2D eigenvalue weighted by Crippen LogP contribution is 2.16. The number of carbonyl (C=O) groups is 1. The Morgan fingerprint density at radius 2 is 2.37 bits per heavy atom. The molecule has 1 aromatic heterocycles. The minimum atomic E-state index is -0.0112. The Morgan fingerprint density at radius 1 is 1.58 bits per heavy atom. The van der Waals surface area contributed by atoms with Gasteiger partial charge in [-0.15, -0.1) is 0 Å². The molecule has 1 unspecified atom stereocenters. The van der Waals surface area contributed by atoms with Crippen LogP contribution in [0.25, 0.3) is 0 Å². The molecule has 1 amide bonds. The van der Waals surface area contributed by atoms with E-state index in [9.17, 15) is 4.79 Å². The molecule has 1 atom stereocenters. The van der Waals surface area contributed by atoms with E-state index < -0.39 is 0 Å². The molecule has 0 aromatic carbocycles. The van der Waals surface area contributed by atoms with Gasteiger partial charge in [0.1, 0.15) is 5.69 Å². The van der Waals surface area contributed by atoms with Gasteiger partial charge in [0.15, 0.2) is 0 Å². The van der Waals surface area contributed by atoms with Crippen molar-refractivity contribution in [3.05, 3.63) is 24.0 Å². The molecule has 0 spiro atoms. The Morgan fingerprint density at radius 3 is 2.89 bits per heavy atom. The average Bonchev–Trinajstić information content (AvgIpc) is 2.83. The maximum absolute atomic E-state index is 12.3. The summed E-state index contributed by atoms with van der Waals surface area (Å²) in [5.74, 6) is -0.0112. The smallest absolute Gasteiger partial charge is 0.272 e. The quantitative estimate of drug-likeness (QED) is 0.888. The second kappa shape index (κ2) is 6.02. The molecular weight excluding hydrogens is 240 g/mol. The molecule has 1 N–H and O–H groups in total. The first kappa shape index (κ1) is 13.8. The van der Waals surface area contributed by atoms with Gasteiger partial charge in [0, 0.05) is 26.7 Å². The van der Waals surface area contributed by atoms with Crippen LogP contribution in [0.15, 0.2) is 18.3 Å². The maximum atomic E-state index is 12.3. The van der Waals surface area contributed by atoms with Gasteiger partial charge < -0.3 is 15.1 Å². The van der Waals surface area contributed by atoms with Gasteiger partial charge in [0.25, 0.3) is 5.91 Å². The van der Waals surface area contributed by atoms with E-state index in [4.69, 9.17) is 0 Å². The number of hydrogen-bond donors (Lipinski definition) is 1. The van der Waals surface area contributed by atoms with Crippen molar-refractivity contribution in [2.45, 2.75) is 18.9 Å². The van der Waals surface area contributed by atoms with Crippen molar-refractivity contribution in [3.63, 3.8) is 0 Å². The maximum Gasteiger partial charge on any atom is 0.272 e. The first-order chi connectivity index (χ1) is 9.11. The van der Waals surface area contributed by atoms with Crippen LogP contribution in [-0.4, -0.2) is 61.0 Å². The summed E-state index contributed by atoms with van der Waals surface area (Å²) in [6.07, 6.45) is 4.07. The number of nitrogens with zero attached hydrogens (tertiary/aromatic N) is 3. The number of likely N-dealkylation sites (N-methyl/N-ethyl adjacent to an activating group) is 2. The van der Waals surface area contributed by atoms with Crippen molar-refractivity contribution < 1.29 is 4.79 Å². The van der Waals surface area contributed by atoms with Crippen LogP contribution in [0.5, 0.6) is 0 Å². The lowest BCUT2D eigenvalue weighted by Gasteiger charge is -2.25. The zero-order chi connectivity index (χ0) is 13.8. The highest BCUT2D eigenvalue weighted by atomic mass is 16.2. The first-order valence-electron chi connectivity index (χ1n) is 6.71. The van der Waals surface area contributed by atoms with E-state index in [1.54, 1.807) is 17.2 Å². The van der Waals surface area contributed by atoms with E-state index in [1.165, 1.54) is 12.8 Å². The van der Waals surface area contributed by atoms with Crippen LogP contribution < -0.4 is 5.32 Å². The Labute approximate surface area is 114 Å². The van der Waals surface area contributed by atoms with E-state index >= 15 is 0 Å². The molecule has 2 heterocycles. The number of hydrogen-bond acceptors (Lipinski definition) is 4. The van der Waals surface area contributed by atoms with Crippen molar-refractivity contribution in [1.29, 1.82) is 0 Å². The van der Waals surface area contributed by atoms with Gasteiger partial charge in [-0.3, -0.25) is 4.79 Å². The van der Waals surface area contributed by atoms with E-state index in [0.29, 0.717) is 11.7 Å². The van der Waals surface area contributed by atoms with Crippen molar-refractivity contribution >= 4 is 11.6 Å². The minimum Gasteiger partial charge on any atom is -0.387 e. The summed E-state index contributed by atoms with van der Waals surface area (Å²) in [5.41, 5.74) is 1.41. The SMILES string of the molecule is CNc1ccc(C(=O)N(C)CC2CCCN2C)nc1. The molecule has 0 radical (unpaired) electrons. The van der Waals surface area contributed by atoms with Gasteiger partial charge in [-0.25, -0.2) is 4.98 Å². The van der Waals surface area contributed by atoms with Crippen LogP contribution in [0.2, 0.25) is 0 Å². The van der Waals surface area contributed by atoms with E-state index in [1.807, 2.05) is 20.2 Å². The highest BCUT2D eigenvalue weighted by Gasteiger charge is 2.24. The molecule has 0 bridgehead atoms. The predicted octanol–water partition coefficient (Wildman–Crippen LogP) is 1.29. The lowest BCUT2D eigenvalue weighted by Crippen LogP contribution is -2.39. The molecule has 1 saturated heterocycles. The molecule has 5 nitrogen and oxygen atoms in total. The third-order valence-electron chi connectivity index (χ3n) is 3.77. The molecule has 1 aromatic rings. The number of rotatable bonds is 4. The number of aromatic nitrogens is 1. The molecule has 2 rings (SSSR count). The summed E-state index contributed by atoms with van der Waals surface area (Å²) in [7, 11) is 5.80. The fourth-order valence-electron chi connectivity index (χ4n) is 2.47. The van der Waals surface area contributed by atoms with Gasteiger partial charge in [-0.05, 0) is 38.6 Å². The van der Waals surface area contributed by atoms with Crippen molar-refractivity contribution in [1.82, 2.24) is 14.8 Å². The Kier molecular flexibility index (Phi) is 4.37. The molecule has 0 saturated carbocycles. The van der Waals surface area contributed by atoms with E-state index in [2.05, 4.69) is 22.2 Å². The molecule has 19 heavy (non-hydrogen) atoms. The normalized spacial score (nSPS) is 19.4. The van der Waals surface area contributed by atoms with Crippen LogP contribution in [0.1, 0.15) is 23.3 Å². The van der Waals surface area contributed by atoms with Gasteiger partial charge in [-0.2, -0.15) is 0 Å². The van der Waals surface area contributed by atoms with Gasteiger partial charge in [0.2, 0.25) is 0 Å². The van der Waals surface area contributed by atoms with Crippen LogP contribution in [0.4, 0.5) is 5.69 Å². The number of likely N-dealkylation sites (tertiary alicyclic amines) is 1. The summed E-state index contributed by atoms with van der Waals surface area (Å²) in [4.78, 5) is 20.6. The van der Waals surface area contributed by atoms with Gasteiger partial charge in [0.05, 0.1) is 11.9 Å². The fourth-order valence-corrected chi connectivity index (χ4v) is 2.47. The van der Waals surface area contributed by atoms with Crippen LogP contribution >= 0.6 is 0 Å².